The van der Waals surface area contributed by atoms with Gasteiger partial charge in [-0.05, 0) is 72.5 Å². The number of nitrogens with zero attached hydrogens (tertiary/aromatic N) is 2. The summed E-state index contributed by atoms with van der Waals surface area (Å²) < 4.78 is 0. The van der Waals surface area contributed by atoms with Crippen molar-refractivity contribution in [3.05, 3.63) is 0 Å². The van der Waals surface area contributed by atoms with Gasteiger partial charge in [0.05, 0.1) is 0 Å². The van der Waals surface area contributed by atoms with E-state index in [4.69, 9.17) is 0 Å². The van der Waals surface area contributed by atoms with Gasteiger partial charge >= 0.3 is 0 Å². The van der Waals surface area contributed by atoms with Gasteiger partial charge in [-0.25, -0.2) is 0 Å². The van der Waals surface area contributed by atoms with Gasteiger partial charge in [0.1, 0.15) is 0 Å². The second-order valence-corrected chi connectivity index (χ2v) is 8.84. The number of nitrogens with one attached hydrogen (secondary N) is 1. The maximum Gasteiger partial charge on any atom is 0.0223 e. The van der Waals surface area contributed by atoms with Crippen molar-refractivity contribution in [2.24, 2.45) is 5.41 Å². The smallest absolute Gasteiger partial charge is 0.0223 e. The molecule has 1 atom stereocenters. The summed E-state index contributed by atoms with van der Waals surface area (Å²) >= 11 is 0. The molecule has 2 rings (SSSR count). The molecule has 0 spiro atoms. The van der Waals surface area contributed by atoms with E-state index in [1.165, 1.54) is 64.7 Å². The van der Waals surface area contributed by atoms with Gasteiger partial charge < -0.3 is 10.2 Å². The molecule has 1 aliphatic heterocycles. The van der Waals surface area contributed by atoms with Crippen LogP contribution in [-0.4, -0.2) is 61.7 Å². The van der Waals surface area contributed by atoms with Crippen molar-refractivity contribution < 1.29 is 0 Å². The second kappa shape index (κ2) is 6.97. The number of likely N-dealkylation sites (tertiary alicyclic amines) is 1. The quantitative estimate of drug-likeness (QED) is 0.813. The molecule has 2 aliphatic rings. The predicted octanol–water partition coefficient (Wildman–Crippen LogP) is 2.96. The molecule has 0 aromatic heterocycles. The van der Waals surface area contributed by atoms with Crippen molar-refractivity contribution in [1.29, 1.82) is 0 Å². The van der Waals surface area contributed by atoms with Crippen LogP contribution in [0.1, 0.15) is 59.3 Å². The molecule has 21 heavy (non-hydrogen) atoms. The van der Waals surface area contributed by atoms with Crippen LogP contribution in [-0.2, 0) is 0 Å². The monoisotopic (exact) mass is 295 g/mol. The van der Waals surface area contributed by atoms with E-state index >= 15 is 0 Å². The molecule has 2 fully saturated rings. The third-order valence-electron chi connectivity index (χ3n) is 5.27. The molecule has 0 radical (unpaired) electrons. The zero-order valence-electron chi connectivity index (χ0n) is 15.0. The van der Waals surface area contributed by atoms with Crippen LogP contribution in [0.5, 0.6) is 0 Å². The summed E-state index contributed by atoms with van der Waals surface area (Å²) in [5.74, 6) is 0. The van der Waals surface area contributed by atoms with Crippen LogP contribution >= 0.6 is 0 Å². The Bertz CT molecular complexity index is 313. The topological polar surface area (TPSA) is 18.5 Å². The van der Waals surface area contributed by atoms with Crippen LogP contribution in [0.2, 0.25) is 0 Å². The van der Waals surface area contributed by atoms with E-state index in [2.05, 4.69) is 50.0 Å². The number of rotatable bonds is 6. The fourth-order valence-corrected chi connectivity index (χ4v) is 4.13. The Kier molecular flexibility index (Phi) is 5.72. The Morgan fingerprint density at radius 1 is 1.14 bits per heavy atom. The lowest BCUT2D eigenvalue weighted by Crippen LogP contribution is -2.49. The van der Waals surface area contributed by atoms with Gasteiger partial charge in [0.25, 0.3) is 0 Å². The summed E-state index contributed by atoms with van der Waals surface area (Å²) in [5.41, 5.74) is 0.770. The van der Waals surface area contributed by atoms with Crippen LogP contribution in [0.3, 0.4) is 0 Å². The fraction of sp³-hybridized carbons (Fsp3) is 1.00. The number of likely N-dealkylation sites (N-methyl/N-ethyl adjacent to an activating group) is 1. The van der Waals surface area contributed by atoms with Crippen molar-refractivity contribution in [3.8, 4) is 0 Å². The van der Waals surface area contributed by atoms with Gasteiger partial charge in [-0.3, -0.25) is 4.90 Å². The summed E-state index contributed by atoms with van der Waals surface area (Å²) in [5, 5.41) is 3.80. The molecule has 3 heteroatoms. The highest BCUT2D eigenvalue weighted by Gasteiger charge is 2.38. The molecule has 1 aliphatic carbocycles. The molecule has 0 bridgehead atoms. The average molecular weight is 296 g/mol. The Balaban J connectivity index is 1.95. The highest BCUT2D eigenvalue weighted by atomic mass is 15.2. The van der Waals surface area contributed by atoms with E-state index in [1.807, 2.05) is 0 Å². The number of hydrogen-bond donors (Lipinski definition) is 1. The fourth-order valence-electron chi connectivity index (χ4n) is 4.13. The van der Waals surface area contributed by atoms with Crippen LogP contribution in [0.4, 0.5) is 0 Å². The minimum absolute atomic E-state index is 0.240. The Morgan fingerprint density at radius 2 is 1.81 bits per heavy atom. The third-order valence-corrected chi connectivity index (χ3v) is 5.27. The van der Waals surface area contributed by atoms with Crippen LogP contribution in [0.15, 0.2) is 0 Å². The van der Waals surface area contributed by atoms with Crippen molar-refractivity contribution in [3.63, 3.8) is 0 Å². The van der Waals surface area contributed by atoms with E-state index in [1.54, 1.807) is 0 Å². The van der Waals surface area contributed by atoms with Gasteiger partial charge in [0, 0.05) is 31.2 Å². The molecule has 1 N–H and O–H groups in total. The molecule has 3 nitrogen and oxygen atoms in total. The molecule has 1 heterocycles. The molecule has 1 unspecified atom stereocenters. The van der Waals surface area contributed by atoms with Gasteiger partial charge in [-0.2, -0.15) is 0 Å². The summed E-state index contributed by atoms with van der Waals surface area (Å²) in [4.78, 5) is 5.16. The van der Waals surface area contributed by atoms with Gasteiger partial charge in [-0.1, -0.05) is 12.8 Å². The van der Waals surface area contributed by atoms with E-state index < -0.39 is 0 Å². The SMILES string of the molecule is CN(C)CC1CCCN1CC1(CNC(C)(C)C)CCCC1. The summed E-state index contributed by atoms with van der Waals surface area (Å²) in [6.07, 6.45) is 8.47. The average Bonchev–Trinajstić information content (AvgIpc) is 2.97. The van der Waals surface area contributed by atoms with Crippen molar-refractivity contribution in [2.75, 3.05) is 40.3 Å². The second-order valence-electron chi connectivity index (χ2n) is 8.84. The maximum absolute atomic E-state index is 3.80. The summed E-state index contributed by atoms with van der Waals surface area (Å²) in [6.45, 7) is 11.9. The van der Waals surface area contributed by atoms with Crippen LogP contribution in [0, 0.1) is 5.41 Å². The first kappa shape index (κ1) is 17.2. The standard InChI is InChI=1S/C18H37N3/c1-17(2,3)19-14-18(10-6-7-11-18)15-21-12-8-9-16(21)13-20(4)5/h16,19H,6-15H2,1-5H3. The lowest BCUT2D eigenvalue weighted by molar-refractivity contribution is 0.117. The van der Waals surface area contributed by atoms with Crippen molar-refractivity contribution in [2.45, 2.75) is 70.9 Å². The molecular weight excluding hydrogens is 258 g/mol. The van der Waals surface area contributed by atoms with Crippen LogP contribution in [0.25, 0.3) is 0 Å². The van der Waals surface area contributed by atoms with E-state index in [0.717, 1.165) is 6.04 Å². The zero-order valence-corrected chi connectivity index (χ0v) is 15.0. The predicted molar refractivity (Wildman–Crippen MR) is 91.8 cm³/mol. The number of hydrogen-bond acceptors (Lipinski definition) is 3. The van der Waals surface area contributed by atoms with E-state index in [-0.39, 0.29) is 5.54 Å². The maximum atomic E-state index is 3.80. The minimum atomic E-state index is 0.240. The largest absolute Gasteiger partial charge is 0.311 e. The normalized spacial score (nSPS) is 26.9. The van der Waals surface area contributed by atoms with E-state index in [0.29, 0.717) is 5.41 Å². The van der Waals surface area contributed by atoms with Gasteiger partial charge in [0.15, 0.2) is 0 Å². The first-order valence-corrected chi connectivity index (χ1v) is 8.94. The molecule has 124 valence electrons. The van der Waals surface area contributed by atoms with Crippen molar-refractivity contribution >= 4 is 0 Å². The first-order valence-electron chi connectivity index (χ1n) is 8.94. The molecular formula is C18H37N3. The Hall–Kier alpha value is -0.120. The highest BCUT2D eigenvalue weighted by molar-refractivity contribution is 4.94. The van der Waals surface area contributed by atoms with Crippen molar-refractivity contribution in [1.82, 2.24) is 15.1 Å². The third kappa shape index (κ3) is 5.22. The van der Waals surface area contributed by atoms with E-state index in [9.17, 15) is 0 Å². The van der Waals surface area contributed by atoms with Gasteiger partial charge in [0.2, 0.25) is 0 Å². The summed E-state index contributed by atoms with van der Waals surface area (Å²) in [7, 11) is 4.42. The first-order chi connectivity index (χ1) is 9.80. The summed E-state index contributed by atoms with van der Waals surface area (Å²) in [6, 6.07) is 0.784. The highest BCUT2D eigenvalue weighted by Crippen LogP contribution is 2.40. The molecule has 0 aromatic carbocycles. The molecule has 1 saturated carbocycles. The lowest BCUT2D eigenvalue weighted by Gasteiger charge is -2.39. The van der Waals surface area contributed by atoms with Crippen LogP contribution < -0.4 is 5.32 Å². The minimum Gasteiger partial charge on any atom is -0.311 e. The lowest BCUT2D eigenvalue weighted by atomic mass is 9.84. The Morgan fingerprint density at radius 3 is 2.38 bits per heavy atom. The Labute approximate surface area is 132 Å². The van der Waals surface area contributed by atoms with Gasteiger partial charge in [-0.15, -0.1) is 0 Å². The molecule has 0 amide bonds. The zero-order chi connectivity index (χ0) is 15.5. The molecule has 1 saturated heterocycles. The molecule has 0 aromatic rings.